The Bertz CT molecular complexity index is 1890. The molecule has 12 heteroatoms. The van der Waals surface area contributed by atoms with Crippen LogP contribution >= 0.6 is 23.2 Å². The van der Waals surface area contributed by atoms with Gasteiger partial charge in [-0.05, 0) is 19.2 Å². The van der Waals surface area contributed by atoms with Gasteiger partial charge in [-0.1, -0.05) is 59.6 Å². The van der Waals surface area contributed by atoms with Crippen LogP contribution in [0.2, 0.25) is 10.0 Å². The SMILES string of the molecule is CNCc1ccc(-c2cccc(-c3cccc(Nc4ncnc5c4c(=O)n(C)c(=O)n5C)c3Cl)c2Cl)nc1OC. The van der Waals surface area contributed by atoms with Gasteiger partial charge in [-0.3, -0.25) is 13.9 Å². The zero-order valence-electron chi connectivity index (χ0n) is 22.1. The Morgan fingerprint density at radius 3 is 2.33 bits per heavy atom. The molecule has 0 aliphatic rings. The van der Waals surface area contributed by atoms with Crippen LogP contribution in [0.3, 0.4) is 0 Å². The average Bonchev–Trinajstić information content (AvgIpc) is 2.96. The van der Waals surface area contributed by atoms with Gasteiger partial charge in [0.15, 0.2) is 5.65 Å². The second-order valence-electron chi connectivity index (χ2n) is 8.98. The van der Waals surface area contributed by atoms with Gasteiger partial charge in [-0.2, -0.15) is 0 Å². The fourth-order valence-electron chi connectivity index (χ4n) is 4.52. The summed E-state index contributed by atoms with van der Waals surface area (Å²) in [5.41, 5.74) is 3.35. The van der Waals surface area contributed by atoms with E-state index in [2.05, 4.69) is 25.6 Å². The van der Waals surface area contributed by atoms with E-state index in [1.165, 1.54) is 17.9 Å². The molecule has 3 aromatic heterocycles. The number of hydrogen-bond donors (Lipinski definition) is 2. The summed E-state index contributed by atoms with van der Waals surface area (Å²) in [6.07, 6.45) is 1.28. The van der Waals surface area contributed by atoms with Crippen LogP contribution in [-0.4, -0.2) is 38.2 Å². The standard InChI is InChI=1S/C28H25Cl2N7O3/c1-31-13-15-11-12-19(35-26(15)40-4)18-9-5-7-16(22(18)29)17-8-6-10-20(23(17)30)34-24-21-25(33-14-32-24)36(2)28(39)37(3)27(21)38/h5-12,14,31H,13H2,1-4H3,(H,32,33,34). The molecule has 10 nitrogen and oxygen atoms in total. The summed E-state index contributed by atoms with van der Waals surface area (Å²) < 4.78 is 7.79. The Kier molecular flexibility index (Phi) is 7.57. The Morgan fingerprint density at radius 2 is 1.60 bits per heavy atom. The summed E-state index contributed by atoms with van der Waals surface area (Å²) in [6, 6.07) is 14.9. The van der Waals surface area contributed by atoms with Crippen LogP contribution in [-0.2, 0) is 20.6 Å². The summed E-state index contributed by atoms with van der Waals surface area (Å²) in [4.78, 5) is 38.4. The Labute approximate surface area is 239 Å². The molecule has 0 aliphatic heterocycles. The minimum atomic E-state index is -0.520. The van der Waals surface area contributed by atoms with Crippen LogP contribution in [0.25, 0.3) is 33.4 Å². The van der Waals surface area contributed by atoms with Gasteiger partial charge in [-0.25, -0.2) is 19.7 Å². The van der Waals surface area contributed by atoms with Crippen molar-refractivity contribution < 1.29 is 4.74 Å². The first kappa shape index (κ1) is 27.3. The molecule has 0 radical (unpaired) electrons. The first-order valence-electron chi connectivity index (χ1n) is 12.2. The van der Waals surface area contributed by atoms with Crippen molar-refractivity contribution in [1.29, 1.82) is 0 Å². The van der Waals surface area contributed by atoms with Crippen molar-refractivity contribution in [1.82, 2.24) is 29.4 Å². The highest BCUT2D eigenvalue weighted by Gasteiger charge is 2.19. The maximum Gasteiger partial charge on any atom is 0.332 e. The predicted octanol–water partition coefficient (Wildman–Crippen LogP) is 4.53. The third-order valence-corrected chi connectivity index (χ3v) is 7.37. The second-order valence-corrected chi connectivity index (χ2v) is 9.74. The lowest BCUT2D eigenvalue weighted by Gasteiger charge is -2.16. The van der Waals surface area contributed by atoms with Crippen LogP contribution in [0.5, 0.6) is 5.88 Å². The molecule has 3 heterocycles. The lowest BCUT2D eigenvalue weighted by atomic mass is 10.00. The van der Waals surface area contributed by atoms with Gasteiger partial charge in [0.05, 0.1) is 28.5 Å². The Balaban J connectivity index is 1.59. The van der Waals surface area contributed by atoms with Gasteiger partial charge in [0.25, 0.3) is 5.56 Å². The quantitative estimate of drug-likeness (QED) is 0.290. The highest BCUT2D eigenvalue weighted by molar-refractivity contribution is 6.39. The number of aromatic nitrogens is 5. The van der Waals surface area contributed by atoms with Crippen LogP contribution in [0, 0.1) is 0 Å². The van der Waals surface area contributed by atoms with Gasteiger partial charge in [-0.15, -0.1) is 0 Å². The number of nitrogens with zero attached hydrogens (tertiary/aromatic N) is 5. The molecule has 2 aromatic carbocycles. The number of ether oxygens (including phenoxy) is 1. The number of rotatable bonds is 7. The minimum Gasteiger partial charge on any atom is -0.481 e. The summed E-state index contributed by atoms with van der Waals surface area (Å²) in [6.45, 7) is 0.615. The molecule has 5 rings (SSSR count). The van der Waals surface area contributed by atoms with Crippen molar-refractivity contribution >= 4 is 45.7 Å². The van der Waals surface area contributed by atoms with Gasteiger partial charge >= 0.3 is 5.69 Å². The highest BCUT2D eigenvalue weighted by atomic mass is 35.5. The zero-order chi connectivity index (χ0) is 28.6. The summed E-state index contributed by atoms with van der Waals surface area (Å²) in [5, 5.41) is 7.25. The van der Waals surface area contributed by atoms with Crippen molar-refractivity contribution in [2.45, 2.75) is 6.54 Å². The first-order chi connectivity index (χ1) is 19.3. The Hall–Kier alpha value is -4.25. The van der Waals surface area contributed by atoms with E-state index in [0.29, 0.717) is 50.5 Å². The predicted molar refractivity (Wildman–Crippen MR) is 158 cm³/mol. The summed E-state index contributed by atoms with van der Waals surface area (Å²) in [5.74, 6) is 0.733. The number of methoxy groups -OCH3 is 1. The molecule has 0 saturated heterocycles. The minimum absolute atomic E-state index is 0.162. The first-order valence-corrected chi connectivity index (χ1v) is 13.0. The molecule has 5 aromatic rings. The smallest absolute Gasteiger partial charge is 0.332 e. The van der Waals surface area contributed by atoms with E-state index in [0.717, 1.165) is 10.1 Å². The number of hydrogen-bond acceptors (Lipinski definition) is 8. The van der Waals surface area contributed by atoms with Crippen LogP contribution < -0.4 is 26.6 Å². The van der Waals surface area contributed by atoms with Crippen molar-refractivity contribution in [2.75, 3.05) is 19.5 Å². The Morgan fingerprint density at radius 1 is 0.900 bits per heavy atom. The van der Waals surface area contributed by atoms with Gasteiger partial charge in [0.2, 0.25) is 5.88 Å². The van der Waals surface area contributed by atoms with Gasteiger partial charge in [0.1, 0.15) is 17.5 Å². The topological polar surface area (TPSA) is 116 Å². The van der Waals surface area contributed by atoms with E-state index in [9.17, 15) is 9.59 Å². The van der Waals surface area contributed by atoms with Crippen LogP contribution in [0.4, 0.5) is 11.5 Å². The molecule has 0 fully saturated rings. The summed E-state index contributed by atoms with van der Waals surface area (Å²) in [7, 11) is 6.39. The normalized spacial score (nSPS) is 11.2. The van der Waals surface area contributed by atoms with Gasteiger partial charge in [0, 0.05) is 42.9 Å². The van der Waals surface area contributed by atoms with Crippen molar-refractivity contribution in [3.8, 4) is 28.3 Å². The number of nitrogens with one attached hydrogen (secondary N) is 2. The second kappa shape index (κ2) is 11.1. The molecular weight excluding hydrogens is 553 g/mol. The van der Waals surface area contributed by atoms with E-state index in [4.69, 9.17) is 27.9 Å². The number of pyridine rings is 1. The molecule has 40 heavy (non-hydrogen) atoms. The van der Waals surface area contributed by atoms with E-state index >= 15 is 0 Å². The van der Waals surface area contributed by atoms with Crippen LogP contribution in [0.1, 0.15) is 5.56 Å². The lowest BCUT2D eigenvalue weighted by molar-refractivity contribution is 0.392. The van der Waals surface area contributed by atoms with E-state index in [-0.39, 0.29) is 16.9 Å². The fourth-order valence-corrected chi connectivity index (χ4v) is 5.12. The number of fused-ring (bicyclic) bond motifs is 1. The van der Waals surface area contributed by atoms with Gasteiger partial charge < -0.3 is 15.4 Å². The van der Waals surface area contributed by atoms with Crippen molar-refractivity contribution in [3.63, 3.8) is 0 Å². The highest BCUT2D eigenvalue weighted by Crippen LogP contribution is 2.42. The molecule has 0 spiro atoms. The third-order valence-electron chi connectivity index (χ3n) is 6.55. The van der Waals surface area contributed by atoms with Crippen LogP contribution in [0.15, 0.2) is 64.4 Å². The molecule has 0 bridgehead atoms. The molecule has 0 aliphatic carbocycles. The molecular formula is C28H25Cl2N7O3. The monoisotopic (exact) mass is 577 g/mol. The lowest BCUT2D eigenvalue weighted by Crippen LogP contribution is -2.37. The number of aryl methyl sites for hydroxylation is 1. The van der Waals surface area contributed by atoms with Crippen molar-refractivity contribution in [3.05, 3.63) is 91.3 Å². The fraction of sp³-hybridized carbons (Fsp3) is 0.179. The number of anilines is 2. The summed E-state index contributed by atoms with van der Waals surface area (Å²) >= 11 is 13.8. The van der Waals surface area contributed by atoms with E-state index < -0.39 is 11.2 Å². The molecule has 204 valence electrons. The zero-order valence-corrected chi connectivity index (χ0v) is 23.6. The third kappa shape index (κ3) is 4.70. The maximum absolute atomic E-state index is 13.0. The number of benzene rings is 2. The maximum atomic E-state index is 13.0. The largest absolute Gasteiger partial charge is 0.481 e. The molecule has 0 atom stereocenters. The van der Waals surface area contributed by atoms with Crippen molar-refractivity contribution in [2.24, 2.45) is 14.1 Å². The van der Waals surface area contributed by atoms with E-state index in [1.807, 2.05) is 49.5 Å². The molecule has 0 unspecified atom stereocenters. The number of halogens is 2. The molecule has 0 amide bonds. The molecule has 2 N–H and O–H groups in total. The average molecular weight is 578 g/mol. The van der Waals surface area contributed by atoms with E-state index in [1.54, 1.807) is 20.2 Å². The molecule has 0 saturated carbocycles.